The second-order valence-corrected chi connectivity index (χ2v) is 7.55. The SMILES string of the molecule is CC(CC(C)(C)C)c1ccccc1[N+]1(C)C=CC(C(F)(F)F)=N1. The number of benzene rings is 1. The van der Waals surface area contributed by atoms with Crippen molar-refractivity contribution in [2.45, 2.75) is 46.2 Å². The molecule has 2 nitrogen and oxygen atoms in total. The van der Waals surface area contributed by atoms with Gasteiger partial charge in [-0.3, -0.25) is 0 Å². The number of alkyl halides is 3. The first kappa shape index (κ1) is 17.7. The van der Waals surface area contributed by atoms with Crippen LogP contribution in [-0.4, -0.2) is 18.9 Å². The highest BCUT2D eigenvalue weighted by Gasteiger charge is 2.43. The fourth-order valence-electron chi connectivity index (χ4n) is 3.14. The van der Waals surface area contributed by atoms with Crippen LogP contribution < -0.4 is 4.59 Å². The lowest BCUT2D eigenvalue weighted by Gasteiger charge is -2.28. The molecule has 0 radical (unpaired) electrons. The molecule has 2 rings (SSSR count). The van der Waals surface area contributed by atoms with Crippen molar-refractivity contribution in [3.63, 3.8) is 0 Å². The zero-order valence-electron chi connectivity index (χ0n) is 14.3. The van der Waals surface area contributed by atoms with Gasteiger partial charge in [0.1, 0.15) is 13.2 Å². The highest BCUT2D eigenvalue weighted by atomic mass is 19.4. The molecule has 1 aliphatic rings. The fourth-order valence-corrected chi connectivity index (χ4v) is 3.14. The molecule has 1 aromatic rings. The van der Waals surface area contributed by atoms with Gasteiger partial charge in [-0.15, -0.1) is 4.59 Å². The minimum absolute atomic E-state index is 0.145. The molecule has 0 saturated carbocycles. The maximum absolute atomic E-state index is 12.9. The molecule has 0 N–H and O–H groups in total. The molecule has 0 bridgehead atoms. The van der Waals surface area contributed by atoms with Gasteiger partial charge in [-0.2, -0.15) is 13.2 Å². The molecule has 1 heterocycles. The lowest BCUT2D eigenvalue weighted by atomic mass is 9.82. The average Bonchev–Trinajstić information content (AvgIpc) is 2.81. The Hall–Kier alpha value is -1.62. The Balaban J connectivity index is 2.42. The van der Waals surface area contributed by atoms with Gasteiger partial charge in [-0.1, -0.05) is 51.0 Å². The van der Waals surface area contributed by atoms with Gasteiger partial charge in [0.05, 0.1) is 0 Å². The van der Waals surface area contributed by atoms with E-state index in [1.54, 1.807) is 7.05 Å². The van der Waals surface area contributed by atoms with Crippen LogP contribution in [0.4, 0.5) is 18.9 Å². The maximum atomic E-state index is 12.9. The molecule has 0 aliphatic carbocycles. The summed E-state index contributed by atoms with van der Waals surface area (Å²) in [5.74, 6) is 0.236. The van der Waals surface area contributed by atoms with Gasteiger partial charge < -0.3 is 0 Å². The first-order valence-electron chi connectivity index (χ1n) is 7.75. The van der Waals surface area contributed by atoms with Crippen molar-refractivity contribution in [2.24, 2.45) is 10.5 Å². The third-order valence-electron chi connectivity index (χ3n) is 4.00. The summed E-state index contributed by atoms with van der Waals surface area (Å²) in [6.07, 6.45) is -0.918. The third-order valence-corrected chi connectivity index (χ3v) is 4.00. The molecule has 1 aliphatic heterocycles. The topological polar surface area (TPSA) is 12.4 Å². The zero-order valence-corrected chi connectivity index (χ0v) is 14.3. The summed E-state index contributed by atoms with van der Waals surface area (Å²) in [4.78, 5) is 0. The summed E-state index contributed by atoms with van der Waals surface area (Å²) in [5, 5.41) is 3.92. The molecule has 0 spiro atoms. The van der Waals surface area contributed by atoms with E-state index in [1.807, 2.05) is 24.3 Å². The molecular weight excluding hydrogens is 301 g/mol. The summed E-state index contributed by atoms with van der Waals surface area (Å²) in [6, 6.07) is 7.63. The van der Waals surface area contributed by atoms with Gasteiger partial charge >= 0.3 is 6.18 Å². The zero-order chi connectivity index (χ0) is 17.5. The van der Waals surface area contributed by atoms with E-state index < -0.39 is 11.9 Å². The summed E-state index contributed by atoms with van der Waals surface area (Å²) in [6.45, 7) is 8.61. The number of nitrogens with zero attached hydrogens (tertiary/aromatic N) is 2. The molecule has 1 aromatic carbocycles. The predicted octanol–water partition coefficient (Wildman–Crippen LogP) is 5.61. The molecule has 0 fully saturated rings. The van der Waals surface area contributed by atoms with Crippen LogP contribution in [0.2, 0.25) is 0 Å². The monoisotopic (exact) mass is 325 g/mol. The molecule has 0 amide bonds. The quantitative estimate of drug-likeness (QED) is 0.641. The van der Waals surface area contributed by atoms with Crippen LogP contribution in [0, 0.1) is 5.41 Å². The van der Waals surface area contributed by atoms with Crippen LogP contribution in [0.25, 0.3) is 0 Å². The number of hydrogen-bond acceptors (Lipinski definition) is 1. The van der Waals surface area contributed by atoms with Crippen LogP contribution >= 0.6 is 0 Å². The van der Waals surface area contributed by atoms with E-state index >= 15 is 0 Å². The molecule has 0 saturated heterocycles. The Morgan fingerprint density at radius 3 is 2.26 bits per heavy atom. The first-order valence-corrected chi connectivity index (χ1v) is 7.75. The first-order chi connectivity index (χ1) is 10.4. The van der Waals surface area contributed by atoms with Crippen molar-refractivity contribution in [2.75, 3.05) is 7.05 Å². The number of halogens is 3. The summed E-state index contributed by atoms with van der Waals surface area (Å²) < 4.78 is 38.5. The molecule has 23 heavy (non-hydrogen) atoms. The normalized spacial score (nSPS) is 23.0. The van der Waals surface area contributed by atoms with Crippen LogP contribution in [0.5, 0.6) is 0 Å². The van der Waals surface area contributed by atoms with Crippen LogP contribution in [0.15, 0.2) is 41.6 Å². The third kappa shape index (κ3) is 4.02. The molecule has 126 valence electrons. The molecule has 2 atom stereocenters. The van der Waals surface area contributed by atoms with Gasteiger partial charge in [-0.25, -0.2) is 0 Å². The Morgan fingerprint density at radius 1 is 1.13 bits per heavy atom. The van der Waals surface area contributed by atoms with Gasteiger partial charge in [0, 0.05) is 17.7 Å². The lowest BCUT2D eigenvalue weighted by Crippen LogP contribution is -2.33. The second-order valence-electron chi connectivity index (χ2n) is 7.55. The molecule has 0 aromatic heterocycles. The van der Waals surface area contributed by atoms with Gasteiger partial charge in [0.15, 0.2) is 5.69 Å². The molecule has 2 unspecified atom stereocenters. The average molecular weight is 325 g/mol. The van der Waals surface area contributed by atoms with Crippen molar-refractivity contribution in [1.29, 1.82) is 0 Å². The van der Waals surface area contributed by atoms with Crippen LogP contribution in [0.3, 0.4) is 0 Å². The Bertz CT molecular complexity index is 638. The summed E-state index contributed by atoms with van der Waals surface area (Å²) in [7, 11) is 1.68. The standard InChI is InChI=1S/C18H24F3N2/c1-13(12-17(2,3)4)14-8-6-7-9-15(14)23(5)11-10-16(22-23)18(19,20)21/h6-11,13H,12H2,1-5H3/q+1. The lowest BCUT2D eigenvalue weighted by molar-refractivity contribution is -0.0581. The minimum Gasteiger partial charge on any atom is -0.164 e. The van der Waals surface area contributed by atoms with Crippen LogP contribution in [-0.2, 0) is 0 Å². The van der Waals surface area contributed by atoms with E-state index in [0.29, 0.717) is 0 Å². The number of quaternary nitrogens is 1. The summed E-state index contributed by atoms with van der Waals surface area (Å²) >= 11 is 0. The van der Waals surface area contributed by atoms with Crippen molar-refractivity contribution in [1.82, 2.24) is 4.59 Å². The van der Waals surface area contributed by atoms with E-state index in [1.165, 1.54) is 6.20 Å². The molecular formula is C18H24F3N2+. The summed E-state index contributed by atoms with van der Waals surface area (Å²) in [5.41, 5.74) is 1.14. The van der Waals surface area contributed by atoms with E-state index in [2.05, 4.69) is 32.8 Å². The second kappa shape index (κ2) is 5.78. The maximum Gasteiger partial charge on any atom is 0.438 e. The van der Waals surface area contributed by atoms with Crippen molar-refractivity contribution >= 4 is 11.4 Å². The van der Waals surface area contributed by atoms with E-state index in [9.17, 15) is 13.2 Å². The van der Waals surface area contributed by atoms with Crippen LogP contribution in [0.1, 0.15) is 45.6 Å². The number of para-hydroxylation sites is 1. The van der Waals surface area contributed by atoms with Crippen molar-refractivity contribution in [3.05, 3.63) is 42.1 Å². The highest BCUT2D eigenvalue weighted by molar-refractivity contribution is 6.01. The van der Waals surface area contributed by atoms with E-state index in [0.717, 1.165) is 23.7 Å². The Labute approximate surface area is 135 Å². The van der Waals surface area contributed by atoms with Gasteiger partial charge in [0.25, 0.3) is 0 Å². The largest absolute Gasteiger partial charge is 0.438 e. The minimum atomic E-state index is -4.42. The number of rotatable bonds is 3. The van der Waals surface area contributed by atoms with Gasteiger partial charge in [0.2, 0.25) is 5.71 Å². The van der Waals surface area contributed by atoms with Gasteiger partial charge in [-0.05, 0) is 17.8 Å². The number of hydrogen-bond donors (Lipinski definition) is 0. The highest BCUT2D eigenvalue weighted by Crippen LogP contribution is 2.39. The number of allylic oxidation sites excluding steroid dienone is 1. The van der Waals surface area contributed by atoms with Crippen molar-refractivity contribution in [3.8, 4) is 0 Å². The fraction of sp³-hybridized carbons (Fsp3) is 0.500. The van der Waals surface area contributed by atoms with E-state index in [-0.39, 0.29) is 15.9 Å². The Kier molecular flexibility index (Phi) is 4.46. The smallest absolute Gasteiger partial charge is 0.164 e. The van der Waals surface area contributed by atoms with Crippen molar-refractivity contribution < 1.29 is 13.2 Å². The Morgan fingerprint density at radius 2 is 1.74 bits per heavy atom. The van der Waals surface area contributed by atoms with E-state index in [4.69, 9.17) is 0 Å². The predicted molar refractivity (Wildman–Crippen MR) is 89.3 cm³/mol. The molecule has 5 heteroatoms.